The van der Waals surface area contributed by atoms with Crippen molar-refractivity contribution in [3.05, 3.63) is 68.7 Å². The van der Waals surface area contributed by atoms with Crippen LogP contribution in [0.15, 0.2) is 41.3 Å². The Labute approximate surface area is 136 Å². The average molecular weight is 329 g/mol. The number of nitrogens with one attached hydrogen (secondary N) is 1. The van der Waals surface area contributed by atoms with Crippen LogP contribution in [0.25, 0.3) is 5.65 Å². The second-order valence-electron chi connectivity index (χ2n) is 5.45. The number of aromatic nitrogens is 3. The lowest BCUT2D eigenvalue weighted by Gasteiger charge is -2.28. The van der Waals surface area contributed by atoms with E-state index in [1.807, 2.05) is 0 Å². The Balaban J connectivity index is 1.73. The van der Waals surface area contributed by atoms with Gasteiger partial charge < -0.3 is 4.90 Å². The van der Waals surface area contributed by atoms with Crippen molar-refractivity contribution in [3.8, 4) is 0 Å². The number of benzene rings is 1. The minimum Gasteiger partial charge on any atom is -0.334 e. The molecule has 116 valence electrons. The highest BCUT2D eigenvalue weighted by molar-refractivity contribution is 6.33. The van der Waals surface area contributed by atoms with E-state index in [9.17, 15) is 9.59 Å². The number of amides is 1. The molecule has 1 N–H and O–H groups in total. The fourth-order valence-electron chi connectivity index (χ4n) is 2.90. The van der Waals surface area contributed by atoms with E-state index in [0.29, 0.717) is 34.8 Å². The minimum atomic E-state index is -0.169. The molecule has 4 rings (SSSR count). The van der Waals surface area contributed by atoms with Crippen LogP contribution in [-0.2, 0) is 13.0 Å². The Kier molecular flexibility index (Phi) is 3.20. The van der Waals surface area contributed by atoms with Gasteiger partial charge in [0.15, 0.2) is 5.65 Å². The van der Waals surface area contributed by atoms with Crippen molar-refractivity contribution in [2.75, 3.05) is 6.54 Å². The Morgan fingerprint density at radius 3 is 2.91 bits per heavy atom. The first-order valence-electron chi connectivity index (χ1n) is 7.27. The highest BCUT2D eigenvalue weighted by Gasteiger charge is 2.26. The number of hydrogen-bond donors (Lipinski definition) is 1. The SMILES string of the molecule is O=C(c1ccccc1Cl)N1CCc2nc3cc[nH]n3c(=O)c2C1. The number of halogens is 1. The smallest absolute Gasteiger partial charge is 0.277 e. The predicted molar refractivity (Wildman–Crippen MR) is 85.7 cm³/mol. The molecule has 0 spiro atoms. The second kappa shape index (κ2) is 5.24. The van der Waals surface area contributed by atoms with Gasteiger partial charge in [-0.05, 0) is 12.1 Å². The Morgan fingerprint density at radius 1 is 1.26 bits per heavy atom. The Morgan fingerprint density at radius 2 is 2.09 bits per heavy atom. The zero-order valence-corrected chi connectivity index (χ0v) is 12.9. The highest BCUT2D eigenvalue weighted by atomic mass is 35.5. The van der Waals surface area contributed by atoms with Crippen molar-refractivity contribution >= 4 is 23.2 Å². The molecule has 1 aliphatic rings. The zero-order valence-electron chi connectivity index (χ0n) is 12.1. The number of rotatable bonds is 1. The number of carbonyl (C=O) groups is 1. The molecule has 0 saturated carbocycles. The van der Waals surface area contributed by atoms with Crippen LogP contribution in [0, 0.1) is 0 Å². The zero-order chi connectivity index (χ0) is 16.0. The molecule has 0 aliphatic carbocycles. The number of H-pyrrole nitrogens is 1. The van der Waals surface area contributed by atoms with Crippen molar-refractivity contribution in [3.63, 3.8) is 0 Å². The number of carbonyl (C=O) groups excluding carboxylic acids is 1. The first kappa shape index (κ1) is 14.0. The Hall–Kier alpha value is -2.60. The van der Waals surface area contributed by atoms with E-state index in [-0.39, 0.29) is 18.0 Å². The van der Waals surface area contributed by atoms with Crippen molar-refractivity contribution in [1.29, 1.82) is 0 Å². The summed E-state index contributed by atoms with van der Waals surface area (Å²) in [4.78, 5) is 31.3. The van der Waals surface area contributed by atoms with Crippen molar-refractivity contribution < 1.29 is 4.79 Å². The predicted octanol–water partition coefficient (Wildman–Crippen LogP) is 1.87. The summed E-state index contributed by atoms with van der Waals surface area (Å²) in [5, 5.41) is 3.25. The molecular weight excluding hydrogens is 316 g/mol. The maximum atomic E-state index is 12.7. The molecule has 7 heteroatoms. The van der Waals surface area contributed by atoms with Crippen LogP contribution in [0.3, 0.4) is 0 Å². The van der Waals surface area contributed by atoms with E-state index in [4.69, 9.17) is 11.6 Å². The molecule has 0 radical (unpaired) electrons. The van der Waals surface area contributed by atoms with Crippen LogP contribution in [-0.4, -0.2) is 31.9 Å². The van der Waals surface area contributed by atoms with Gasteiger partial charge in [0.1, 0.15) is 0 Å². The number of hydrogen-bond acceptors (Lipinski definition) is 3. The van der Waals surface area contributed by atoms with E-state index < -0.39 is 0 Å². The van der Waals surface area contributed by atoms with Crippen LogP contribution in [0.5, 0.6) is 0 Å². The molecule has 3 heterocycles. The molecule has 1 amide bonds. The van der Waals surface area contributed by atoms with Gasteiger partial charge in [0.25, 0.3) is 11.5 Å². The monoisotopic (exact) mass is 328 g/mol. The first-order chi connectivity index (χ1) is 11.1. The largest absolute Gasteiger partial charge is 0.334 e. The summed E-state index contributed by atoms with van der Waals surface area (Å²) in [6.07, 6.45) is 2.23. The molecule has 0 unspecified atom stereocenters. The molecule has 3 aromatic rings. The van der Waals surface area contributed by atoms with Gasteiger partial charge in [0.05, 0.1) is 28.4 Å². The van der Waals surface area contributed by atoms with Crippen LogP contribution in [0.4, 0.5) is 0 Å². The standard InChI is InChI=1S/C16H13ClN4O2/c17-12-4-2-1-3-10(12)15(22)20-8-6-13-11(9-20)16(23)21-14(19-13)5-7-18-21/h1-5,7,18H,6,8-9H2. The second-order valence-corrected chi connectivity index (χ2v) is 5.86. The summed E-state index contributed by atoms with van der Waals surface area (Å²) < 4.78 is 1.39. The molecule has 2 aromatic heterocycles. The molecule has 23 heavy (non-hydrogen) atoms. The van der Waals surface area contributed by atoms with E-state index in [1.54, 1.807) is 41.4 Å². The van der Waals surface area contributed by atoms with E-state index in [2.05, 4.69) is 10.1 Å². The van der Waals surface area contributed by atoms with E-state index >= 15 is 0 Å². The first-order valence-corrected chi connectivity index (χ1v) is 7.64. The third-order valence-electron chi connectivity index (χ3n) is 4.08. The van der Waals surface area contributed by atoms with Crippen LogP contribution in [0.2, 0.25) is 5.02 Å². The molecule has 0 fully saturated rings. The fraction of sp³-hybridized carbons (Fsp3) is 0.188. The van der Waals surface area contributed by atoms with Gasteiger partial charge in [-0.25, -0.2) is 9.50 Å². The maximum Gasteiger partial charge on any atom is 0.277 e. The lowest BCUT2D eigenvalue weighted by molar-refractivity contribution is 0.0732. The highest BCUT2D eigenvalue weighted by Crippen LogP contribution is 2.21. The lowest BCUT2D eigenvalue weighted by Crippen LogP contribution is -2.40. The van der Waals surface area contributed by atoms with Crippen molar-refractivity contribution in [2.45, 2.75) is 13.0 Å². The summed E-state index contributed by atoms with van der Waals surface area (Å²) in [6.45, 7) is 0.761. The molecule has 0 atom stereocenters. The number of aromatic amines is 1. The van der Waals surface area contributed by atoms with Gasteiger partial charge in [-0.15, -0.1) is 0 Å². The summed E-state index contributed by atoms with van der Waals surface area (Å²) in [7, 11) is 0. The molecule has 1 aliphatic heterocycles. The number of nitrogens with zero attached hydrogens (tertiary/aromatic N) is 3. The average Bonchev–Trinajstić information content (AvgIpc) is 3.03. The maximum absolute atomic E-state index is 12.7. The normalized spacial score (nSPS) is 14.0. The number of fused-ring (bicyclic) bond motifs is 2. The molecular formula is C16H13ClN4O2. The molecule has 1 aromatic carbocycles. The van der Waals surface area contributed by atoms with Gasteiger partial charge in [0.2, 0.25) is 0 Å². The van der Waals surface area contributed by atoms with Crippen LogP contribution < -0.4 is 5.56 Å². The van der Waals surface area contributed by atoms with Crippen LogP contribution in [0.1, 0.15) is 21.6 Å². The molecule has 0 bridgehead atoms. The van der Waals surface area contributed by atoms with Crippen molar-refractivity contribution in [1.82, 2.24) is 19.5 Å². The molecule has 0 saturated heterocycles. The lowest BCUT2D eigenvalue weighted by atomic mass is 10.1. The van der Waals surface area contributed by atoms with Crippen molar-refractivity contribution in [2.24, 2.45) is 0 Å². The summed E-state index contributed by atoms with van der Waals surface area (Å²) >= 11 is 6.10. The topological polar surface area (TPSA) is 70.5 Å². The molecule has 6 nitrogen and oxygen atoms in total. The quantitative estimate of drug-likeness (QED) is 0.741. The summed E-state index contributed by atoms with van der Waals surface area (Å²) in [5.74, 6) is -0.169. The van der Waals surface area contributed by atoms with E-state index in [1.165, 1.54) is 4.52 Å². The third-order valence-corrected chi connectivity index (χ3v) is 4.41. The van der Waals surface area contributed by atoms with Gasteiger partial charge in [-0.1, -0.05) is 23.7 Å². The summed E-state index contributed by atoms with van der Waals surface area (Å²) in [5.41, 5.74) is 2.20. The fourth-order valence-corrected chi connectivity index (χ4v) is 3.11. The Bertz CT molecular complexity index is 976. The third kappa shape index (κ3) is 2.22. The van der Waals surface area contributed by atoms with Gasteiger partial charge in [-0.3, -0.25) is 14.7 Å². The van der Waals surface area contributed by atoms with E-state index in [0.717, 1.165) is 5.69 Å². The van der Waals surface area contributed by atoms with Gasteiger partial charge in [-0.2, -0.15) is 0 Å². The van der Waals surface area contributed by atoms with Gasteiger partial charge in [0, 0.05) is 25.2 Å². The summed E-state index contributed by atoms with van der Waals surface area (Å²) in [6, 6.07) is 8.69. The van der Waals surface area contributed by atoms with Gasteiger partial charge >= 0.3 is 0 Å². The minimum absolute atomic E-state index is 0.161. The van der Waals surface area contributed by atoms with Crippen LogP contribution >= 0.6 is 11.6 Å².